The summed E-state index contributed by atoms with van der Waals surface area (Å²) in [4.78, 5) is 32.3. The van der Waals surface area contributed by atoms with Crippen molar-refractivity contribution >= 4 is 28.4 Å². The smallest absolute Gasteiger partial charge is 0.329 e. The van der Waals surface area contributed by atoms with Crippen molar-refractivity contribution in [3.63, 3.8) is 0 Å². The highest BCUT2D eigenvalue weighted by Gasteiger charge is 2.32. The predicted molar refractivity (Wildman–Crippen MR) is 122 cm³/mol. The Hall–Kier alpha value is -2.87. The average Bonchev–Trinajstić information content (AvgIpc) is 2.77. The molecule has 3 rings (SSSR count). The van der Waals surface area contributed by atoms with Crippen molar-refractivity contribution in [2.24, 2.45) is 7.05 Å². The number of alkyl halides is 3. The minimum atomic E-state index is -4.56. The number of hydrogen-bond donors (Lipinski definition) is 0. The van der Waals surface area contributed by atoms with E-state index in [1.807, 2.05) is 6.92 Å². The fraction of sp³-hybridized carbons (Fsp3) is 0.375. The molecule has 1 amide bonds. The van der Waals surface area contributed by atoms with Crippen LogP contribution in [0.1, 0.15) is 60.9 Å². The van der Waals surface area contributed by atoms with E-state index in [1.165, 1.54) is 21.6 Å². The topological polar surface area (TPSA) is 55.2 Å². The number of halogens is 4. The van der Waals surface area contributed by atoms with Gasteiger partial charge in [0.1, 0.15) is 5.82 Å². The number of benzene rings is 2. The van der Waals surface area contributed by atoms with Gasteiger partial charge in [0.05, 0.1) is 22.5 Å². The van der Waals surface area contributed by atoms with Gasteiger partial charge in [-0.15, -0.1) is 0 Å². The Morgan fingerprint density at radius 3 is 2.58 bits per heavy atom. The van der Waals surface area contributed by atoms with Gasteiger partial charge in [0, 0.05) is 24.2 Å². The zero-order chi connectivity index (χ0) is 24.3. The molecule has 0 aliphatic rings. The van der Waals surface area contributed by atoms with E-state index >= 15 is 0 Å². The molecule has 1 heterocycles. The quantitative estimate of drug-likeness (QED) is 0.390. The average molecular weight is 480 g/mol. The van der Waals surface area contributed by atoms with Crippen LogP contribution in [0.25, 0.3) is 10.9 Å². The van der Waals surface area contributed by atoms with Crippen LogP contribution in [0.5, 0.6) is 0 Å². The summed E-state index contributed by atoms with van der Waals surface area (Å²) in [5.74, 6) is -0.225. The number of rotatable bonds is 7. The summed E-state index contributed by atoms with van der Waals surface area (Å²) >= 11 is 6.07. The molecule has 3 aromatic rings. The zero-order valence-corrected chi connectivity index (χ0v) is 19.4. The van der Waals surface area contributed by atoms with Gasteiger partial charge < -0.3 is 4.90 Å². The molecule has 0 bridgehead atoms. The van der Waals surface area contributed by atoms with E-state index in [4.69, 9.17) is 11.6 Å². The molecule has 1 unspecified atom stereocenters. The number of amides is 1. The normalized spacial score (nSPS) is 12.7. The first-order chi connectivity index (χ1) is 15.5. The number of fused-ring (bicyclic) bond motifs is 1. The first kappa shape index (κ1) is 24.8. The summed E-state index contributed by atoms with van der Waals surface area (Å²) in [6.45, 7) is 4.05. The van der Waals surface area contributed by atoms with Crippen LogP contribution in [0.2, 0.25) is 5.02 Å². The van der Waals surface area contributed by atoms with Crippen molar-refractivity contribution < 1.29 is 18.0 Å². The van der Waals surface area contributed by atoms with Gasteiger partial charge in [-0.1, -0.05) is 37.4 Å². The van der Waals surface area contributed by atoms with Crippen molar-refractivity contribution in [2.45, 2.75) is 45.3 Å². The molecule has 0 aliphatic heterocycles. The molecule has 176 valence electrons. The number of nitrogens with zero attached hydrogens (tertiary/aromatic N) is 3. The van der Waals surface area contributed by atoms with Crippen molar-refractivity contribution in [3.05, 3.63) is 74.8 Å². The lowest BCUT2D eigenvalue weighted by atomic mass is 10.1. The second-order valence-electron chi connectivity index (χ2n) is 7.96. The maximum absolute atomic E-state index is 13.4. The molecule has 1 atom stereocenters. The number of unbranched alkanes of at least 4 members (excludes halogenated alkanes) is 2. The molecule has 2 aromatic carbocycles. The van der Waals surface area contributed by atoms with Crippen molar-refractivity contribution in [2.75, 3.05) is 6.54 Å². The van der Waals surface area contributed by atoms with Gasteiger partial charge in [0.25, 0.3) is 11.5 Å². The zero-order valence-electron chi connectivity index (χ0n) is 18.6. The molecule has 5 nitrogen and oxygen atoms in total. The van der Waals surface area contributed by atoms with Gasteiger partial charge in [0.15, 0.2) is 0 Å². The third-order valence-electron chi connectivity index (χ3n) is 5.61. The fourth-order valence-electron chi connectivity index (χ4n) is 3.77. The van der Waals surface area contributed by atoms with Gasteiger partial charge in [-0.25, -0.2) is 4.98 Å². The SMILES string of the molecule is CCCCCN(C(=O)c1cccc(C(F)(F)F)c1)C(C)c1nc2cc(Cl)ccc2c(=O)n1C. The van der Waals surface area contributed by atoms with Crippen LogP contribution in [0, 0.1) is 0 Å². The number of carbonyl (C=O) groups is 1. The lowest BCUT2D eigenvalue weighted by molar-refractivity contribution is -0.137. The second kappa shape index (κ2) is 9.95. The monoisotopic (exact) mass is 479 g/mol. The molecule has 0 saturated heterocycles. The van der Waals surface area contributed by atoms with Gasteiger partial charge in [-0.2, -0.15) is 13.2 Å². The second-order valence-corrected chi connectivity index (χ2v) is 8.39. The minimum absolute atomic E-state index is 0.0676. The Kier molecular flexibility index (Phi) is 7.47. The number of aromatic nitrogens is 2. The lowest BCUT2D eigenvalue weighted by Crippen LogP contribution is -2.38. The van der Waals surface area contributed by atoms with E-state index < -0.39 is 23.7 Å². The summed E-state index contributed by atoms with van der Waals surface area (Å²) < 4.78 is 41.0. The van der Waals surface area contributed by atoms with Crippen LogP contribution in [0.4, 0.5) is 13.2 Å². The van der Waals surface area contributed by atoms with Crippen molar-refractivity contribution in [1.82, 2.24) is 14.5 Å². The van der Waals surface area contributed by atoms with Crippen LogP contribution in [0.15, 0.2) is 47.3 Å². The standard InChI is InChI=1S/C24H25ClF3N3O2/c1-4-5-6-12-31(22(32)16-8-7-9-17(13-16)24(26,27)28)15(2)21-29-20-14-18(25)10-11-19(20)23(33)30(21)3/h7-11,13-15H,4-6,12H2,1-3H3. The highest BCUT2D eigenvalue weighted by atomic mass is 35.5. The largest absolute Gasteiger partial charge is 0.416 e. The maximum atomic E-state index is 13.4. The van der Waals surface area contributed by atoms with E-state index in [-0.39, 0.29) is 11.1 Å². The third-order valence-corrected chi connectivity index (χ3v) is 5.85. The summed E-state index contributed by atoms with van der Waals surface area (Å²) in [5, 5.41) is 0.807. The first-order valence-electron chi connectivity index (χ1n) is 10.7. The van der Waals surface area contributed by atoms with Gasteiger partial charge >= 0.3 is 6.18 Å². The highest BCUT2D eigenvalue weighted by molar-refractivity contribution is 6.31. The lowest BCUT2D eigenvalue weighted by Gasteiger charge is -2.30. The van der Waals surface area contributed by atoms with Crippen molar-refractivity contribution in [1.29, 1.82) is 0 Å². The Labute approximate surface area is 194 Å². The van der Waals surface area contributed by atoms with Crippen LogP contribution in [-0.2, 0) is 13.2 Å². The molecule has 0 radical (unpaired) electrons. The van der Waals surface area contributed by atoms with Gasteiger partial charge in [0.2, 0.25) is 0 Å². The van der Waals surface area contributed by atoms with E-state index in [0.29, 0.717) is 34.7 Å². The predicted octanol–water partition coefficient (Wildman–Crippen LogP) is 6.00. The van der Waals surface area contributed by atoms with Crippen LogP contribution >= 0.6 is 11.6 Å². The molecule has 0 N–H and O–H groups in total. The van der Waals surface area contributed by atoms with Crippen molar-refractivity contribution in [3.8, 4) is 0 Å². The molecule has 0 spiro atoms. The van der Waals surface area contributed by atoms with E-state index in [9.17, 15) is 22.8 Å². The van der Waals surface area contributed by atoms with Crippen LogP contribution in [-0.4, -0.2) is 26.9 Å². The Morgan fingerprint density at radius 2 is 1.91 bits per heavy atom. The molecular weight excluding hydrogens is 455 g/mol. The summed E-state index contributed by atoms with van der Waals surface area (Å²) in [6.07, 6.45) is -2.14. The van der Waals surface area contributed by atoms with E-state index in [2.05, 4.69) is 4.98 Å². The Morgan fingerprint density at radius 1 is 1.18 bits per heavy atom. The molecule has 0 aliphatic carbocycles. The molecule has 0 saturated carbocycles. The Balaban J connectivity index is 2.06. The maximum Gasteiger partial charge on any atom is 0.416 e. The van der Waals surface area contributed by atoms with E-state index in [0.717, 1.165) is 25.0 Å². The van der Waals surface area contributed by atoms with Crippen LogP contribution < -0.4 is 5.56 Å². The first-order valence-corrected chi connectivity index (χ1v) is 11.1. The number of carbonyl (C=O) groups excluding carboxylic acids is 1. The molecule has 1 aromatic heterocycles. The Bertz CT molecular complexity index is 1220. The minimum Gasteiger partial charge on any atom is -0.329 e. The molecule has 33 heavy (non-hydrogen) atoms. The molecular formula is C24H25ClF3N3O2. The summed E-state index contributed by atoms with van der Waals surface area (Å²) in [6, 6.07) is 8.48. The third kappa shape index (κ3) is 5.38. The van der Waals surface area contributed by atoms with Gasteiger partial charge in [-0.05, 0) is 49.7 Å². The van der Waals surface area contributed by atoms with Gasteiger partial charge in [-0.3, -0.25) is 14.2 Å². The summed E-state index contributed by atoms with van der Waals surface area (Å²) in [5.41, 5.74) is -0.853. The fourth-order valence-corrected chi connectivity index (χ4v) is 3.94. The summed E-state index contributed by atoms with van der Waals surface area (Å²) in [7, 11) is 1.56. The molecule has 0 fully saturated rings. The number of hydrogen-bond acceptors (Lipinski definition) is 3. The van der Waals surface area contributed by atoms with Crippen LogP contribution in [0.3, 0.4) is 0 Å². The highest BCUT2D eigenvalue weighted by Crippen LogP contribution is 2.31. The molecule has 9 heteroatoms. The van der Waals surface area contributed by atoms with E-state index in [1.54, 1.807) is 32.2 Å².